The van der Waals surface area contributed by atoms with Gasteiger partial charge in [-0.05, 0) is 109 Å². The zero-order valence-corrected chi connectivity index (χ0v) is 65.6. The van der Waals surface area contributed by atoms with Gasteiger partial charge in [-0.15, -0.1) is 51.1 Å². The molecule has 91 heavy (non-hydrogen) atoms. The van der Waals surface area contributed by atoms with Gasteiger partial charge in [-0.2, -0.15) is 0 Å². The number of carboxylic acid groups (broad SMARTS) is 1. The molecule has 0 aromatic heterocycles. The monoisotopic (exact) mass is 1380 g/mol. The largest absolute Gasteiger partial charge is 2.00 e. The van der Waals surface area contributed by atoms with E-state index in [9.17, 15) is 29.1 Å². The van der Waals surface area contributed by atoms with Gasteiger partial charge >= 0.3 is 29.0 Å². The van der Waals surface area contributed by atoms with E-state index in [1.807, 2.05) is 38.2 Å². The minimum absolute atomic E-state index is 0. The summed E-state index contributed by atoms with van der Waals surface area (Å²) in [5.41, 5.74) is 5.93. The maximum absolute atomic E-state index is 12.5. The van der Waals surface area contributed by atoms with Crippen molar-refractivity contribution in [1.82, 2.24) is 20.7 Å². The summed E-state index contributed by atoms with van der Waals surface area (Å²) >= 11 is 0. The minimum atomic E-state index is -2.03. The van der Waals surface area contributed by atoms with Crippen molar-refractivity contribution in [2.75, 3.05) is 83.1 Å². The van der Waals surface area contributed by atoms with Crippen LogP contribution in [0.5, 0.6) is 0 Å². The quantitative estimate of drug-likeness (QED) is 0.0151. The molecule has 0 radical (unpaired) electrons. The van der Waals surface area contributed by atoms with Crippen LogP contribution in [-0.4, -0.2) is 219 Å². The number of aliphatic carboxylic acids is 1. The third-order valence-electron chi connectivity index (χ3n) is 13.0. The maximum atomic E-state index is 12.5. The molecule has 0 saturated carbocycles. The number of halogens is 2. The second-order valence-corrected chi connectivity index (χ2v) is 32.3. The summed E-state index contributed by atoms with van der Waals surface area (Å²) in [5.74, 6) is 0.815. The van der Waals surface area contributed by atoms with Gasteiger partial charge in [0.15, 0.2) is 34.6 Å². The van der Waals surface area contributed by atoms with Crippen molar-refractivity contribution in [2.45, 2.75) is 201 Å². The summed E-state index contributed by atoms with van der Waals surface area (Å²) in [7, 11) is 8.30. The SMILES string of the molecule is C#CC.C=CC/C(C)=C\C[C@H](O)C(=O)N(C)OC.C=CC/C(C)=C\C[C@H](O[Si](C)(C)C(C)(C)C)C(=O)N(C)OC.C=CC/C(C)=C\C[C@H](O[Si](C)(C)C(C)(C)C)C(C)=O.C=CCC.CNOC.CON(C)C(=O)[C@@H]1CO1.Cl.O=C(O)[C@@H]1CO1.OC[C@@H]1CO1.[CH3-].[Cl-].[Mg+2]. The van der Waals surface area contributed by atoms with Crippen LogP contribution in [0.15, 0.2) is 85.6 Å². The fourth-order valence-electron chi connectivity index (χ4n) is 4.96. The van der Waals surface area contributed by atoms with Crippen LogP contribution in [-0.2, 0) is 66.4 Å². The van der Waals surface area contributed by atoms with Crippen LogP contribution < -0.4 is 17.9 Å². The first-order valence-electron chi connectivity index (χ1n) is 28.9. The number of terminal acetylenes is 1. The molecule has 3 heterocycles. The smallest absolute Gasteiger partial charge is 1.00 e. The number of epoxide rings is 3. The summed E-state index contributed by atoms with van der Waals surface area (Å²) in [6, 6.07) is 0. The Balaban J connectivity index is -0.000000108. The number of aliphatic hydroxyl groups is 2. The first-order chi connectivity index (χ1) is 40.2. The molecule has 3 amide bonds. The Morgan fingerprint density at radius 2 is 0.978 bits per heavy atom. The van der Waals surface area contributed by atoms with Crippen LogP contribution in [0.1, 0.15) is 128 Å². The number of rotatable bonds is 27. The molecular weight excluding hydrogens is 1260 g/mol. The molecule has 0 aromatic carbocycles. The summed E-state index contributed by atoms with van der Waals surface area (Å²) in [6.45, 7) is 49.5. The van der Waals surface area contributed by atoms with E-state index >= 15 is 0 Å². The Hall–Kier alpha value is -3.41. The summed E-state index contributed by atoms with van der Waals surface area (Å²) < 4.78 is 26.2. The first-order valence-corrected chi connectivity index (χ1v) is 34.7. The summed E-state index contributed by atoms with van der Waals surface area (Å²) in [6.07, 6.45) is 20.6. The van der Waals surface area contributed by atoms with Crippen LogP contribution in [0.2, 0.25) is 36.3 Å². The predicted molar refractivity (Wildman–Crippen MR) is 374 cm³/mol. The second-order valence-electron chi connectivity index (χ2n) is 22.8. The molecule has 4 N–H and O–H groups in total. The molecule has 3 aliphatic rings. The van der Waals surface area contributed by atoms with E-state index in [4.69, 9.17) is 28.6 Å². The number of carbonyl (C=O) groups is 5. The van der Waals surface area contributed by atoms with Gasteiger partial charge in [-0.1, -0.05) is 108 Å². The van der Waals surface area contributed by atoms with Crippen LogP contribution in [0.4, 0.5) is 0 Å². The third-order valence-corrected chi connectivity index (χ3v) is 22.0. The Morgan fingerprint density at radius 1 is 0.670 bits per heavy atom. The zero-order chi connectivity index (χ0) is 69.3. The average Bonchev–Trinajstić information content (AvgIpc) is 4.50. The van der Waals surface area contributed by atoms with Crippen LogP contribution in [0.25, 0.3) is 0 Å². The van der Waals surface area contributed by atoms with Gasteiger partial charge in [0.1, 0.15) is 24.4 Å². The summed E-state index contributed by atoms with van der Waals surface area (Å²) in [4.78, 5) is 74.7. The fourth-order valence-corrected chi connectivity index (χ4v) is 7.55. The number of carboxylic acids is 1. The standard InChI is InChI=1S/C17H33NO3Si.C16H30O2Si.C11H19NO3.C5H9NO3.C4H8.C3H4O3.C3H6O2.C3H4.C2H7NO.CH3.2ClH.Mg/c1-10-11-14(2)12-13-15(16(19)18(6)20-7)21-22(8,9)17(3,4)5;1-9-10-13(2)11-12-15(14(3)17)18-19(7,8)16(4,5)6;1-5-6-9(2)7-8-10(13)11(14)12(3)15-4;1-6(8-2)5(7)4-3-9-4;1-3-4-2;4-3(5)2-1-6-2;4-1-3-2-5-3;1-3-2;1-3-4-2;;;;/h10,12,15H,1,11,13H2,2-9H3;9,11,15H,1,10,12H2,2-8H3;5,7,10,13H,1,6,8H2,2-4H3;4H,3H2,1-2H3;3H,1,4H2,2H3;2H,1H2,(H,4,5);3-4H,1-2H2;1H,2H3;3H,1-2H3;1H3;2*1H;/q;;;;;;;;;-1;;;+2/p-1/b14-12-;13-11-;9-7-;;;;;;;;;;/t2*15-;10-;4-;;2-;3-;;;;;;/m0000.01....../s1. The van der Waals surface area contributed by atoms with E-state index in [1.165, 1.54) is 44.6 Å². The molecule has 0 spiro atoms. The van der Waals surface area contributed by atoms with E-state index in [2.05, 4.69) is 162 Å². The number of hydrogen-bond donors (Lipinski definition) is 4. The molecule has 530 valence electrons. The summed E-state index contributed by atoms with van der Waals surface area (Å²) in [5, 5.41) is 29.1. The molecule has 3 rings (SSSR count). The molecule has 0 unspecified atom stereocenters. The number of nitrogens with one attached hydrogen (secondary N) is 1. The van der Waals surface area contributed by atoms with Crippen molar-refractivity contribution in [3.63, 3.8) is 0 Å². The molecule has 3 saturated heterocycles. The Kier molecular flexibility index (Phi) is 75.2. The number of aliphatic hydroxyl groups excluding tert-OH is 2. The number of Topliss-reactive ketones (excluding diaryl/α,β-unsaturated/α-hetero) is 1. The molecule has 0 aromatic rings. The average molecular weight is 1390 g/mol. The minimum Gasteiger partial charge on any atom is -1.00 e. The van der Waals surface area contributed by atoms with Crippen LogP contribution >= 0.6 is 12.4 Å². The molecule has 0 bridgehead atoms. The number of hydrogen-bond acceptors (Lipinski definition) is 17. The molecule has 3 aliphatic heterocycles. The van der Waals surface area contributed by atoms with E-state index in [0.29, 0.717) is 32.5 Å². The number of ketones is 1. The van der Waals surface area contributed by atoms with Crippen molar-refractivity contribution in [1.29, 1.82) is 0 Å². The van der Waals surface area contributed by atoms with Gasteiger partial charge in [0.05, 0.1) is 54.9 Å². The van der Waals surface area contributed by atoms with Gasteiger partial charge in [0.2, 0.25) is 0 Å². The molecule has 0 aliphatic carbocycles. The Bertz CT molecular complexity index is 2090. The van der Waals surface area contributed by atoms with E-state index in [1.54, 1.807) is 48.2 Å². The third kappa shape index (κ3) is 62.5. The number of allylic oxidation sites excluding steroid dienone is 7. The van der Waals surface area contributed by atoms with Crippen molar-refractivity contribution < 1.29 is 94.1 Å². The molecular formula is C65H124Cl2MgN4O17Si2. The van der Waals surface area contributed by atoms with Gasteiger partial charge in [0.25, 0.3) is 17.7 Å². The van der Waals surface area contributed by atoms with Gasteiger partial charge in [0, 0.05) is 34.6 Å². The van der Waals surface area contributed by atoms with Gasteiger partial charge < -0.3 is 63.1 Å². The number of ether oxygens (including phenoxy) is 3. The number of likely N-dealkylation sites (N-methyl/N-ethyl adjacent to an activating group) is 3. The Labute approximate surface area is 582 Å². The predicted octanol–water partition coefficient (Wildman–Crippen LogP) is 8.20. The fraction of sp³-hybridized carbons (Fsp3) is 0.662. The van der Waals surface area contributed by atoms with Crippen molar-refractivity contribution in [3.05, 3.63) is 93.0 Å². The second kappa shape index (κ2) is 62.7. The number of nitrogens with zero attached hydrogens (tertiary/aromatic N) is 3. The van der Waals surface area contributed by atoms with E-state index in [0.717, 1.165) is 48.0 Å². The van der Waals surface area contributed by atoms with Crippen molar-refractivity contribution in [2.24, 2.45) is 0 Å². The maximum Gasteiger partial charge on any atom is 2.00 e. The van der Waals surface area contributed by atoms with Crippen LogP contribution in [0, 0.1) is 19.8 Å². The normalized spacial score (nSPS) is 15.8. The van der Waals surface area contributed by atoms with Gasteiger partial charge in [-0.3, -0.25) is 33.7 Å². The van der Waals surface area contributed by atoms with Crippen molar-refractivity contribution in [3.8, 4) is 12.3 Å². The first kappa shape index (κ1) is 109. The van der Waals surface area contributed by atoms with Crippen LogP contribution in [0.3, 0.4) is 0 Å². The number of hydroxylamine groups is 7. The molecule has 21 nitrogen and oxygen atoms in total. The molecule has 3 fully saturated rings. The molecule has 6 atom stereocenters. The Morgan fingerprint density at radius 3 is 1.20 bits per heavy atom. The topological polar surface area (TPSA) is 261 Å². The zero-order valence-electron chi connectivity index (χ0n) is 60.6. The number of carbonyl (C=O) groups excluding carboxylic acids is 4. The van der Waals surface area contributed by atoms with Crippen molar-refractivity contribution >= 4 is 81.6 Å². The van der Waals surface area contributed by atoms with E-state index < -0.39 is 46.8 Å². The van der Waals surface area contributed by atoms with E-state index in [-0.39, 0.29) is 108 Å². The number of amides is 3. The van der Waals surface area contributed by atoms with Gasteiger partial charge in [-0.25, -0.2) is 25.5 Å². The molecule has 26 heteroatoms.